The number of aromatic nitrogens is 1. The van der Waals surface area contributed by atoms with Crippen molar-refractivity contribution in [2.45, 2.75) is 0 Å². The fraction of sp³-hybridized carbons (Fsp3) is 0.0909. The highest BCUT2D eigenvalue weighted by Gasteiger charge is 2.11. The van der Waals surface area contributed by atoms with Gasteiger partial charge in [-0.05, 0) is 12.1 Å². The van der Waals surface area contributed by atoms with Gasteiger partial charge in [0.25, 0.3) is 5.91 Å². The van der Waals surface area contributed by atoms with Gasteiger partial charge in [-0.1, -0.05) is 18.2 Å². The van der Waals surface area contributed by atoms with E-state index < -0.39 is 0 Å². The summed E-state index contributed by atoms with van der Waals surface area (Å²) in [6.07, 6.45) is 0. The normalized spacial score (nSPS) is 9.81. The first kappa shape index (κ1) is 10.6. The first-order chi connectivity index (χ1) is 7.79. The Hall–Kier alpha value is -1.88. The number of amides is 1. The molecule has 0 aliphatic heterocycles. The number of benzene rings is 1. The third-order valence-electron chi connectivity index (χ3n) is 1.92. The number of anilines is 1. The molecule has 2 aromatic rings. The smallest absolute Gasteiger partial charge is 0.284 e. The number of nitrogens with one attached hydrogen (secondary N) is 1. The summed E-state index contributed by atoms with van der Waals surface area (Å²) in [6.45, 7) is 0. The van der Waals surface area contributed by atoms with Crippen LogP contribution in [0.3, 0.4) is 0 Å². The molecule has 16 heavy (non-hydrogen) atoms. The zero-order valence-corrected chi connectivity index (χ0v) is 9.45. The number of rotatable bonds is 3. The number of hydrogen-bond donors (Lipinski definition) is 1. The van der Waals surface area contributed by atoms with Gasteiger partial charge in [0.15, 0.2) is 5.01 Å². The van der Waals surface area contributed by atoms with Gasteiger partial charge in [0.1, 0.15) is 0 Å². The molecule has 1 aromatic carbocycles. The molecule has 5 heteroatoms. The molecule has 1 N–H and O–H groups in total. The molecule has 0 atom stereocenters. The maximum Gasteiger partial charge on any atom is 0.284 e. The molecular weight excluding hydrogens is 224 g/mol. The summed E-state index contributed by atoms with van der Waals surface area (Å²) in [4.78, 5) is 15.7. The number of thiazole rings is 1. The highest BCUT2D eigenvalue weighted by Crippen LogP contribution is 2.17. The van der Waals surface area contributed by atoms with Crippen molar-refractivity contribution in [2.24, 2.45) is 0 Å². The predicted molar refractivity (Wildman–Crippen MR) is 63.1 cm³/mol. The van der Waals surface area contributed by atoms with Crippen LogP contribution in [-0.2, 0) is 0 Å². The fourth-order valence-electron chi connectivity index (χ4n) is 1.16. The van der Waals surface area contributed by atoms with Crippen molar-refractivity contribution in [3.63, 3.8) is 0 Å². The molecule has 0 aliphatic rings. The molecular formula is C11H10N2O2S. The molecule has 2 rings (SSSR count). The van der Waals surface area contributed by atoms with Crippen molar-refractivity contribution in [2.75, 3.05) is 12.4 Å². The Kier molecular flexibility index (Phi) is 3.16. The Morgan fingerprint density at radius 2 is 2.12 bits per heavy atom. The lowest BCUT2D eigenvalue weighted by Crippen LogP contribution is -2.11. The van der Waals surface area contributed by atoms with Crippen LogP contribution in [0.5, 0.6) is 5.88 Å². The minimum Gasteiger partial charge on any atom is -0.480 e. The van der Waals surface area contributed by atoms with E-state index in [9.17, 15) is 4.79 Å². The van der Waals surface area contributed by atoms with Gasteiger partial charge in [-0.15, -0.1) is 11.3 Å². The Labute approximate surface area is 96.9 Å². The quantitative estimate of drug-likeness (QED) is 0.887. The van der Waals surface area contributed by atoms with Crippen molar-refractivity contribution in [1.29, 1.82) is 0 Å². The van der Waals surface area contributed by atoms with Crippen molar-refractivity contribution >= 4 is 22.9 Å². The molecule has 0 aliphatic carbocycles. The summed E-state index contributed by atoms with van der Waals surface area (Å²) < 4.78 is 4.91. The monoisotopic (exact) mass is 234 g/mol. The number of carbonyl (C=O) groups is 1. The lowest BCUT2D eigenvalue weighted by Gasteiger charge is -2.01. The van der Waals surface area contributed by atoms with Crippen LogP contribution in [0.2, 0.25) is 0 Å². The van der Waals surface area contributed by atoms with Gasteiger partial charge in [-0.25, -0.2) is 0 Å². The maximum absolute atomic E-state index is 11.7. The number of nitrogens with zero attached hydrogens (tertiary/aromatic N) is 1. The van der Waals surface area contributed by atoms with Gasteiger partial charge in [-0.2, -0.15) is 4.98 Å². The van der Waals surface area contributed by atoms with Gasteiger partial charge >= 0.3 is 0 Å². The van der Waals surface area contributed by atoms with E-state index in [4.69, 9.17) is 4.74 Å². The van der Waals surface area contributed by atoms with Gasteiger partial charge in [-0.3, -0.25) is 4.79 Å². The maximum atomic E-state index is 11.7. The summed E-state index contributed by atoms with van der Waals surface area (Å²) in [5, 5.41) is 4.83. The van der Waals surface area contributed by atoms with E-state index in [2.05, 4.69) is 10.3 Å². The van der Waals surface area contributed by atoms with Crippen molar-refractivity contribution in [3.05, 3.63) is 40.7 Å². The molecule has 4 nitrogen and oxygen atoms in total. The molecule has 82 valence electrons. The van der Waals surface area contributed by atoms with Crippen LogP contribution in [0.25, 0.3) is 0 Å². The van der Waals surface area contributed by atoms with Crippen molar-refractivity contribution in [1.82, 2.24) is 4.98 Å². The molecule has 0 bridgehead atoms. The average Bonchev–Trinajstić information content (AvgIpc) is 2.79. The molecule has 1 aromatic heterocycles. The second-order valence-electron chi connectivity index (χ2n) is 3.02. The highest BCUT2D eigenvalue weighted by atomic mass is 32.1. The van der Waals surface area contributed by atoms with E-state index >= 15 is 0 Å². The molecule has 0 saturated carbocycles. The van der Waals surface area contributed by atoms with Crippen LogP contribution in [0, 0.1) is 0 Å². The van der Waals surface area contributed by atoms with Gasteiger partial charge in [0.2, 0.25) is 5.88 Å². The number of para-hydroxylation sites is 1. The summed E-state index contributed by atoms with van der Waals surface area (Å²) in [7, 11) is 1.52. The van der Waals surface area contributed by atoms with E-state index in [-0.39, 0.29) is 5.91 Å². The largest absolute Gasteiger partial charge is 0.480 e. The summed E-state index contributed by atoms with van der Waals surface area (Å²) in [6, 6.07) is 9.25. The highest BCUT2D eigenvalue weighted by molar-refractivity contribution is 7.12. The SMILES string of the molecule is COc1csc(C(=O)Nc2ccccc2)n1. The number of carbonyl (C=O) groups excluding carboxylic acids is 1. The molecule has 0 radical (unpaired) electrons. The van der Waals surface area contributed by atoms with E-state index in [0.717, 1.165) is 5.69 Å². The molecule has 0 fully saturated rings. The minimum absolute atomic E-state index is 0.223. The summed E-state index contributed by atoms with van der Waals surface area (Å²) in [5.74, 6) is 0.239. The van der Waals surface area contributed by atoms with Crippen LogP contribution >= 0.6 is 11.3 Å². The molecule has 1 heterocycles. The second-order valence-corrected chi connectivity index (χ2v) is 3.87. The lowest BCUT2D eigenvalue weighted by atomic mass is 10.3. The predicted octanol–water partition coefficient (Wildman–Crippen LogP) is 2.40. The summed E-state index contributed by atoms with van der Waals surface area (Å²) in [5.41, 5.74) is 0.752. The Morgan fingerprint density at radius 3 is 2.75 bits per heavy atom. The van der Waals surface area contributed by atoms with E-state index in [1.165, 1.54) is 18.4 Å². The number of ether oxygens (including phenoxy) is 1. The molecule has 0 spiro atoms. The first-order valence-corrected chi connectivity index (χ1v) is 5.53. The van der Waals surface area contributed by atoms with Crippen molar-refractivity contribution < 1.29 is 9.53 Å². The molecule has 1 amide bonds. The standard InChI is InChI=1S/C11H10N2O2S/c1-15-9-7-16-11(13-9)10(14)12-8-5-3-2-4-6-8/h2-7H,1H3,(H,12,14). The van der Waals surface area contributed by atoms with Crippen LogP contribution < -0.4 is 10.1 Å². The Morgan fingerprint density at radius 1 is 1.38 bits per heavy atom. The van der Waals surface area contributed by atoms with E-state index in [1.807, 2.05) is 30.3 Å². The lowest BCUT2D eigenvalue weighted by molar-refractivity contribution is 0.102. The number of hydrogen-bond acceptors (Lipinski definition) is 4. The van der Waals surface area contributed by atoms with Gasteiger partial charge in [0.05, 0.1) is 12.5 Å². The third kappa shape index (κ3) is 2.38. The molecule has 0 saturated heterocycles. The van der Waals surface area contributed by atoms with Gasteiger partial charge < -0.3 is 10.1 Å². The van der Waals surface area contributed by atoms with Crippen LogP contribution in [0.4, 0.5) is 5.69 Å². The van der Waals surface area contributed by atoms with E-state index in [0.29, 0.717) is 10.9 Å². The zero-order chi connectivity index (χ0) is 11.4. The Balaban J connectivity index is 2.09. The van der Waals surface area contributed by atoms with Crippen molar-refractivity contribution in [3.8, 4) is 5.88 Å². The van der Waals surface area contributed by atoms with E-state index in [1.54, 1.807) is 5.38 Å². The fourth-order valence-corrected chi connectivity index (χ4v) is 1.83. The average molecular weight is 234 g/mol. The topological polar surface area (TPSA) is 51.2 Å². The first-order valence-electron chi connectivity index (χ1n) is 4.65. The van der Waals surface area contributed by atoms with Crippen LogP contribution in [0.1, 0.15) is 9.80 Å². The summed E-state index contributed by atoms with van der Waals surface area (Å²) >= 11 is 1.25. The minimum atomic E-state index is -0.223. The molecule has 0 unspecified atom stereocenters. The third-order valence-corrected chi connectivity index (χ3v) is 2.74. The number of methoxy groups -OCH3 is 1. The second kappa shape index (κ2) is 4.76. The van der Waals surface area contributed by atoms with Gasteiger partial charge in [0, 0.05) is 5.69 Å². The van der Waals surface area contributed by atoms with Crippen LogP contribution in [0.15, 0.2) is 35.7 Å². The Bertz CT molecular complexity index is 482. The van der Waals surface area contributed by atoms with Crippen LogP contribution in [-0.4, -0.2) is 18.0 Å². The zero-order valence-electron chi connectivity index (χ0n) is 8.64.